The zero-order chi connectivity index (χ0) is 7.40. The van der Waals surface area contributed by atoms with Gasteiger partial charge in [0.05, 0.1) is 0 Å². The molecule has 1 heteroatoms. The summed E-state index contributed by atoms with van der Waals surface area (Å²) in [5, 5.41) is 0. The minimum Gasteiger partial charge on any atom is -0.269 e. The lowest BCUT2D eigenvalue weighted by molar-refractivity contribution is 0.451. The van der Waals surface area contributed by atoms with Crippen molar-refractivity contribution in [2.75, 3.05) is 0 Å². The van der Waals surface area contributed by atoms with Crippen molar-refractivity contribution in [2.24, 2.45) is 16.8 Å². The number of allylic oxidation sites excluding steroid dienone is 1. The van der Waals surface area contributed by atoms with E-state index in [1.54, 1.807) is 0 Å². The van der Waals surface area contributed by atoms with Gasteiger partial charge in [0.2, 0.25) is 0 Å². The van der Waals surface area contributed by atoms with E-state index in [4.69, 9.17) is 0 Å². The fourth-order valence-electron chi connectivity index (χ4n) is 1.46. The van der Waals surface area contributed by atoms with Gasteiger partial charge in [-0.15, -0.1) is 0 Å². The molecule has 1 nitrogen and oxygen atoms in total. The van der Waals surface area contributed by atoms with Gasteiger partial charge in [0, 0.05) is 18.3 Å². The smallest absolute Gasteiger partial charge is 0.0230 e. The number of nitrogens with zero attached hydrogens (tertiary/aromatic N) is 1. The first-order valence-corrected chi connectivity index (χ1v) is 4.08. The number of hydrogen-bond donors (Lipinski definition) is 0. The maximum absolute atomic E-state index is 4.08. The molecule has 0 spiro atoms. The Morgan fingerprint density at radius 1 is 1.40 bits per heavy atom. The molecular weight excluding hydrogens is 122 g/mol. The molecule has 1 heterocycles. The Hall–Kier alpha value is -0.590. The third-order valence-electron chi connectivity index (χ3n) is 2.25. The van der Waals surface area contributed by atoms with Crippen LogP contribution in [-0.2, 0) is 0 Å². The number of hydrogen-bond acceptors (Lipinski definition) is 1. The molecule has 0 aromatic rings. The first-order valence-electron chi connectivity index (χ1n) is 4.08. The van der Waals surface area contributed by atoms with Crippen LogP contribution in [-0.4, -0.2) is 6.21 Å². The maximum atomic E-state index is 4.08. The number of aliphatic imine (C=N–C) groups is 1. The van der Waals surface area contributed by atoms with Gasteiger partial charge in [-0.2, -0.15) is 0 Å². The van der Waals surface area contributed by atoms with Gasteiger partial charge in [0.1, 0.15) is 0 Å². The topological polar surface area (TPSA) is 12.4 Å². The van der Waals surface area contributed by atoms with E-state index in [2.05, 4.69) is 31.1 Å². The Bertz CT molecular complexity index is 131. The highest BCUT2D eigenvalue weighted by molar-refractivity contribution is 5.67. The maximum Gasteiger partial charge on any atom is 0.0230 e. The highest BCUT2D eigenvalue weighted by Gasteiger charge is 2.14. The second-order valence-corrected chi connectivity index (χ2v) is 2.79. The van der Waals surface area contributed by atoms with Gasteiger partial charge in [-0.25, -0.2) is 0 Å². The fraction of sp³-hybridized carbons (Fsp3) is 0.667. The molecule has 0 amide bonds. The van der Waals surface area contributed by atoms with Crippen LogP contribution in [0.15, 0.2) is 17.3 Å². The van der Waals surface area contributed by atoms with Crippen LogP contribution >= 0.6 is 0 Å². The summed E-state index contributed by atoms with van der Waals surface area (Å²) in [5.74, 6) is 1.43. The minimum atomic E-state index is 0.620. The lowest BCUT2D eigenvalue weighted by atomic mass is 9.89. The summed E-state index contributed by atoms with van der Waals surface area (Å²) in [6.07, 6.45) is 8.67. The Balaban J connectivity index is 2.45. The molecule has 10 heavy (non-hydrogen) atoms. The van der Waals surface area contributed by atoms with Crippen molar-refractivity contribution < 1.29 is 0 Å². The van der Waals surface area contributed by atoms with Gasteiger partial charge >= 0.3 is 0 Å². The molecule has 56 valence electrons. The molecular formula is C9H15N. The molecule has 0 radical (unpaired) electrons. The van der Waals surface area contributed by atoms with Crippen LogP contribution in [0.3, 0.4) is 0 Å². The van der Waals surface area contributed by atoms with E-state index in [0.29, 0.717) is 5.92 Å². The molecule has 0 aromatic heterocycles. The van der Waals surface area contributed by atoms with Crippen molar-refractivity contribution in [3.05, 3.63) is 12.3 Å². The Morgan fingerprint density at radius 2 is 2.10 bits per heavy atom. The Morgan fingerprint density at radius 3 is 2.50 bits per heavy atom. The lowest BCUT2D eigenvalue weighted by Gasteiger charge is -2.15. The molecule has 1 rings (SSSR count). The molecule has 1 unspecified atom stereocenters. The highest BCUT2D eigenvalue weighted by atomic mass is 14.7. The van der Waals surface area contributed by atoms with Gasteiger partial charge in [0.25, 0.3) is 0 Å². The Kier molecular flexibility index (Phi) is 2.67. The predicted molar refractivity (Wildman–Crippen MR) is 45.2 cm³/mol. The standard InChI is InChI=1S/C9H15N/c1-3-8(4-2)9-5-6-10-7-9/h5-9H,3-4H2,1-2H3. The van der Waals surface area contributed by atoms with Crippen molar-refractivity contribution in [2.45, 2.75) is 26.7 Å². The van der Waals surface area contributed by atoms with Crippen LogP contribution in [0.1, 0.15) is 26.7 Å². The van der Waals surface area contributed by atoms with E-state index >= 15 is 0 Å². The molecule has 0 fully saturated rings. The lowest BCUT2D eigenvalue weighted by Crippen LogP contribution is -2.10. The summed E-state index contributed by atoms with van der Waals surface area (Å²) in [4.78, 5) is 4.08. The molecule has 0 aromatic carbocycles. The van der Waals surface area contributed by atoms with Crippen LogP contribution in [0, 0.1) is 11.8 Å². The van der Waals surface area contributed by atoms with Crippen LogP contribution in [0.25, 0.3) is 0 Å². The third kappa shape index (κ3) is 1.47. The summed E-state index contributed by atoms with van der Waals surface area (Å²) in [6, 6.07) is 0. The molecule has 0 aliphatic carbocycles. The van der Waals surface area contributed by atoms with Crippen LogP contribution in [0.5, 0.6) is 0 Å². The van der Waals surface area contributed by atoms with E-state index in [9.17, 15) is 0 Å². The van der Waals surface area contributed by atoms with Crippen LogP contribution in [0.2, 0.25) is 0 Å². The zero-order valence-electron chi connectivity index (χ0n) is 6.75. The van der Waals surface area contributed by atoms with Gasteiger partial charge < -0.3 is 0 Å². The predicted octanol–water partition coefficient (Wildman–Crippen LogP) is 2.64. The van der Waals surface area contributed by atoms with Gasteiger partial charge in [0.15, 0.2) is 0 Å². The van der Waals surface area contributed by atoms with E-state index < -0.39 is 0 Å². The van der Waals surface area contributed by atoms with Gasteiger partial charge in [-0.3, -0.25) is 4.99 Å². The quantitative estimate of drug-likeness (QED) is 0.567. The normalized spacial score (nSPS) is 22.9. The van der Waals surface area contributed by atoms with Crippen molar-refractivity contribution in [1.29, 1.82) is 0 Å². The largest absolute Gasteiger partial charge is 0.269 e. The van der Waals surface area contributed by atoms with Crippen molar-refractivity contribution in [1.82, 2.24) is 0 Å². The molecule has 0 bridgehead atoms. The first-order chi connectivity index (χ1) is 4.88. The van der Waals surface area contributed by atoms with Crippen molar-refractivity contribution in [3.63, 3.8) is 0 Å². The summed E-state index contributed by atoms with van der Waals surface area (Å²) in [7, 11) is 0. The van der Waals surface area contributed by atoms with Crippen molar-refractivity contribution in [3.8, 4) is 0 Å². The fourth-order valence-corrected chi connectivity index (χ4v) is 1.46. The summed E-state index contributed by atoms with van der Waals surface area (Å²) >= 11 is 0. The summed E-state index contributed by atoms with van der Waals surface area (Å²) < 4.78 is 0. The minimum absolute atomic E-state index is 0.620. The average Bonchev–Trinajstić information content (AvgIpc) is 2.43. The molecule has 1 aliphatic heterocycles. The molecule has 1 atom stereocenters. The van der Waals surface area contributed by atoms with E-state index in [1.165, 1.54) is 12.8 Å². The van der Waals surface area contributed by atoms with Gasteiger partial charge in [-0.1, -0.05) is 32.8 Å². The van der Waals surface area contributed by atoms with Crippen LogP contribution < -0.4 is 0 Å². The second kappa shape index (κ2) is 3.55. The molecule has 1 aliphatic rings. The SMILES string of the molecule is CCC(CC)C1C=CN=C1. The molecule has 0 saturated carbocycles. The first kappa shape index (κ1) is 7.52. The van der Waals surface area contributed by atoms with E-state index in [-0.39, 0.29) is 0 Å². The third-order valence-corrected chi connectivity index (χ3v) is 2.25. The number of rotatable bonds is 3. The van der Waals surface area contributed by atoms with Crippen molar-refractivity contribution >= 4 is 6.21 Å². The Labute approximate surface area is 62.9 Å². The zero-order valence-corrected chi connectivity index (χ0v) is 6.75. The van der Waals surface area contributed by atoms with Gasteiger partial charge in [-0.05, 0) is 5.92 Å². The second-order valence-electron chi connectivity index (χ2n) is 2.79. The average molecular weight is 137 g/mol. The summed E-state index contributed by atoms with van der Waals surface area (Å²) in [6.45, 7) is 4.49. The summed E-state index contributed by atoms with van der Waals surface area (Å²) in [5.41, 5.74) is 0. The highest BCUT2D eigenvalue weighted by Crippen LogP contribution is 2.21. The molecule has 0 N–H and O–H groups in total. The van der Waals surface area contributed by atoms with E-state index in [0.717, 1.165) is 5.92 Å². The van der Waals surface area contributed by atoms with E-state index in [1.807, 2.05) is 6.20 Å². The molecule has 0 saturated heterocycles. The van der Waals surface area contributed by atoms with Crippen LogP contribution in [0.4, 0.5) is 0 Å². The monoisotopic (exact) mass is 137 g/mol.